The van der Waals surface area contributed by atoms with Crippen LogP contribution in [-0.2, 0) is 4.74 Å². The SMILES string of the molecule is CO[C@@H]1CN(C(=O)c2cc(C)ccc2C)C[C@H]1Oc1cc(C)cc(N)c1. The van der Waals surface area contributed by atoms with Crippen LogP contribution in [0.25, 0.3) is 0 Å². The predicted octanol–water partition coefficient (Wildman–Crippen LogP) is 3.11. The van der Waals surface area contributed by atoms with Gasteiger partial charge in [0.25, 0.3) is 5.91 Å². The number of carbonyl (C=O) groups is 1. The van der Waals surface area contributed by atoms with Crippen molar-refractivity contribution < 1.29 is 14.3 Å². The zero-order valence-electron chi connectivity index (χ0n) is 15.8. The highest BCUT2D eigenvalue weighted by molar-refractivity contribution is 5.96. The fourth-order valence-electron chi connectivity index (χ4n) is 3.41. The van der Waals surface area contributed by atoms with E-state index in [0.29, 0.717) is 24.5 Å². The van der Waals surface area contributed by atoms with Crippen LogP contribution in [-0.4, -0.2) is 43.2 Å². The molecule has 2 aromatic carbocycles. The highest BCUT2D eigenvalue weighted by Gasteiger charge is 2.37. The third-order valence-corrected chi connectivity index (χ3v) is 4.79. The Labute approximate surface area is 154 Å². The number of nitrogen functional groups attached to an aromatic ring is 1. The molecule has 1 aliphatic heterocycles. The second-order valence-electron chi connectivity index (χ2n) is 7.04. The van der Waals surface area contributed by atoms with E-state index in [0.717, 1.165) is 22.3 Å². The first-order chi connectivity index (χ1) is 12.4. The van der Waals surface area contributed by atoms with Crippen LogP contribution in [0, 0.1) is 20.8 Å². The molecule has 1 aliphatic rings. The standard InChI is InChI=1S/C21H26N2O3/c1-13-5-6-15(3)18(9-13)21(24)23-11-19(25-4)20(12-23)26-17-8-14(2)7-16(22)10-17/h5-10,19-20H,11-12,22H2,1-4H3/t19-,20-/m1/s1. The molecule has 2 atom stereocenters. The van der Waals surface area contributed by atoms with Gasteiger partial charge >= 0.3 is 0 Å². The average Bonchev–Trinajstić information content (AvgIpc) is 2.98. The lowest BCUT2D eigenvalue weighted by Crippen LogP contribution is -2.32. The van der Waals surface area contributed by atoms with Crippen LogP contribution < -0.4 is 10.5 Å². The zero-order valence-corrected chi connectivity index (χ0v) is 15.8. The van der Waals surface area contributed by atoms with E-state index in [1.807, 2.05) is 51.1 Å². The van der Waals surface area contributed by atoms with Crippen LogP contribution >= 0.6 is 0 Å². The Morgan fingerprint density at radius 2 is 1.77 bits per heavy atom. The molecule has 0 spiro atoms. The first-order valence-corrected chi connectivity index (χ1v) is 8.80. The zero-order chi connectivity index (χ0) is 18.8. The number of hydrogen-bond acceptors (Lipinski definition) is 4. The van der Waals surface area contributed by atoms with Gasteiger partial charge in [-0.25, -0.2) is 0 Å². The minimum atomic E-state index is -0.227. The molecule has 1 saturated heterocycles. The molecule has 5 nitrogen and oxygen atoms in total. The van der Waals surface area contributed by atoms with Crippen molar-refractivity contribution in [1.29, 1.82) is 0 Å². The maximum Gasteiger partial charge on any atom is 0.254 e. The van der Waals surface area contributed by atoms with Gasteiger partial charge in [-0.1, -0.05) is 17.7 Å². The summed E-state index contributed by atoms with van der Waals surface area (Å²) in [6.07, 6.45) is -0.402. The molecule has 0 aromatic heterocycles. The largest absolute Gasteiger partial charge is 0.486 e. The van der Waals surface area contributed by atoms with Gasteiger partial charge < -0.3 is 20.1 Å². The number of nitrogens with two attached hydrogens (primary N) is 1. The molecule has 0 aliphatic carbocycles. The quantitative estimate of drug-likeness (QED) is 0.857. The number of ether oxygens (including phenoxy) is 2. The summed E-state index contributed by atoms with van der Waals surface area (Å²) < 4.78 is 11.7. The van der Waals surface area contributed by atoms with E-state index >= 15 is 0 Å². The van der Waals surface area contributed by atoms with Gasteiger partial charge in [0.15, 0.2) is 0 Å². The number of hydrogen-bond donors (Lipinski definition) is 1. The van der Waals surface area contributed by atoms with Crippen molar-refractivity contribution in [3.8, 4) is 5.75 Å². The van der Waals surface area contributed by atoms with Crippen molar-refractivity contribution in [3.63, 3.8) is 0 Å². The molecule has 138 valence electrons. The molecule has 0 bridgehead atoms. The van der Waals surface area contributed by atoms with Crippen molar-refractivity contribution in [2.45, 2.75) is 33.0 Å². The number of nitrogens with zero attached hydrogens (tertiary/aromatic N) is 1. The molecule has 1 amide bonds. The number of rotatable bonds is 4. The lowest BCUT2D eigenvalue weighted by molar-refractivity contribution is 0.0339. The molecule has 5 heteroatoms. The molecule has 0 unspecified atom stereocenters. The summed E-state index contributed by atoms with van der Waals surface area (Å²) in [7, 11) is 1.65. The number of methoxy groups -OCH3 is 1. The van der Waals surface area contributed by atoms with Gasteiger partial charge in [-0.3, -0.25) is 4.79 Å². The maximum atomic E-state index is 13.0. The van der Waals surface area contributed by atoms with E-state index in [1.54, 1.807) is 18.1 Å². The second kappa shape index (κ2) is 7.38. The molecule has 2 aromatic rings. The van der Waals surface area contributed by atoms with Crippen molar-refractivity contribution in [2.24, 2.45) is 0 Å². The number of carbonyl (C=O) groups excluding carboxylic acids is 1. The van der Waals surface area contributed by atoms with E-state index in [-0.39, 0.29) is 18.1 Å². The molecule has 1 fully saturated rings. The Morgan fingerprint density at radius 1 is 1.04 bits per heavy atom. The molecule has 2 N–H and O–H groups in total. The summed E-state index contributed by atoms with van der Waals surface area (Å²) in [6.45, 7) is 6.92. The van der Waals surface area contributed by atoms with Crippen molar-refractivity contribution in [1.82, 2.24) is 4.90 Å². The topological polar surface area (TPSA) is 64.8 Å². The minimum Gasteiger partial charge on any atom is -0.486 e. The monoisotopic (exact) mass is 354 g/mol. The lowest BCUT2D eigenvalue weighted by atomic mass is 10.0. The van der Waals surface area contributed by atoms with E-state index in [2.05, 4.69) is 0 Å². The Balaban J connectivity index is 1.78. The molecule has 0 saturated carbocycles. The fraction of sp³-hybridized carbons (Fsp3) is 0.381. The first-order valence-electron chi connectivity index (χ1n) is 8.80. The number of likely N-dealkylation sites (tertiary alicyclic amines) is 1. The summed E-state index contributed by atoms with van der Waals surface area (Å²) in [4.78, 5) is 14.8. The Bertz CT molecular complexity index is 799. The van der Waals surface area contributed by atoms with E-state index in [4.69, 9.17) is 15.2 Å². The minimum absolute atomic E-state index is 0.0168. The Hall–Kier alpha value is -2.53. The highest BCUT2D eigenvalue weighted by Crippen LogP contribution is 2.25. The number of aryl methyl sites for hydroxylation is 3. The second-order valence-corrected chi connectivity index (χ2v) is 7.04. The smallest absolute Gasteiger partial charge is 0.254 e. The normalized spacial score (nSPS) is 19.6. The van der Waals surface area contributed by atoms with Gasteiger partial charge in [-0.2, -0.15) is 0 Å². The molecular formula is C21H26N2O3. The molecule has 26 heavy (non-hydrogen) atoms. The van der Waals surface area contributed by atoms with Gasteiger partial charge in [-0.15, -0.1) is 0 Å². The molecule has 0 radical (unpaired) electrons. The Kier molecular flexibility index (Phi) is 5.18. The third kappa shape index (κ3) is 3.83. The van der Waals surface area contributed by atoms with Crippen LogP contribution in [0.5, 0.6) is 5.75 Å². The van der Waals surface area contributed by atoms with Crippen LogP contribution in [0.3, 0.4) is 0 Å². The number of anilines is 1. The van der Waals surface area contributed by atoms with E-state index < -0.39 is 0 Å². The molecule has 3 rings (SSSR count). The van der Waals surface area contributed by atoms with Gasteiger partial charge in [0.2, 0.25) is 0 Å². The van der Waals surface area contributed by atoms with Gasteiger partial charge in [0.1, 0.15) is 18.0 Å². The van der Waals surface area contributed by atoms with E-state index in [9.17, 15) is 4.79 Å². The van der Waals surface area contributed by atoms with Crippen molar-refractivity contribution in [3.05, 3.63) is 58.7 Å². The summed E-state index contributed by atoms with van der Waals surface area (Å²) in [5.74, 6) is 0.721. The van der Waals surface area contributed by atoms with Crippen LogP contribution in [0.1, 0.15) is 27.0 Å². The van der Waals surface area contributed by atoms with Crippen LogP contribution in [0.2, 0.25) is 0 Å². The first kappa shape index (κ1) is 18.3. The number of benzene rings is 2. The van der Waals surface area contributed by atoms with Crippen LogP contribution in [0.15, 0.2) is 36.4 Å². The van der Waals surface area contributed by atoms with E-state index in [1.165, 1.54) is 0 Å². The van der Waals surface area contributed by atoms with Gasteiger partial charge in [0.05, 0.1) is 13.1 Å². The fourth-order valence-corrected chi connectivity index (χ4v) is 3.41. The predicted molar refractivity (Wildman–Crippen MR) is 103 cm³/mol. The summed E-state index contributed by atoms with van der Waals surface area (Å²) in [5, 5.41) is 0. The third-order valence-electron chi connectivity index (χ3n) is 4.79. The summed E-state index contributed by atoms with van der Waals surface area (Å²) in [5.41, 5.74) is 10.4. The van der Waals surface area contributed by atoms with Crippen molar-refractivity contribution in [2.75, 3.05) is 25.9 Å². The highest BCUT2D eigenvalue weighted by atomic mass is 16.5. The Morgan fingerprint density at radius 3 is 2.46 bits per heavy atom. The summed E-state index contributed by atoms with van der Waals surface area (Å²) in [6, 6.07) is 11.6. The molecular weight excluding hydrogens is 328 g/mol. The maximum absolute atomic E-state index is 13.0. The lowest BCUT2D eigenvalue weighted by Gasteiger charge is -2.19. The summed E-state index contributed by atoms with van der Waals surface area (Å²) >= 11 is 0. The number of amides is 1. The van der Waals surface area contributed by atoms with Gasteiger partial charge in [0, 0.05) is 24.4 Å². The molecule has 1 heterocycles. The van der Waals surface area contributed by atoms with Crippen molar-refractivity contribution >= 4 is 11.6 Å². The van der Waals surface area contributed by atoms with Gasteiger partial charge in [-0.05, 0) is 50.1 Å². The average molecular weight is 354 g/mol. The van der Waals surface area contributed by atoms with Crippen LogP contribution in [0.4, 0.5) is 5.69 Å².